The lowest BCUT2D eigenvalue weighted by atomic mass is 10.0. The van der Waals surface area contributed by atoms with Gasteiger partial charge < -0.3 is 10.2 Å². The average Bonchev–Trinajstić information content (AvgIpc) is 2.88. The van der Waals surface area contributed by atoms with E-state index in [0.717, 1.165) is 19.6 Å². The van der Waals surface area contributed by atoms with Crippen LogP contribution in [0.15, 0.2) is 36.0 Å². The molecular weight excluding hydrogens is 266 g/mol. The molecule has 0 saturated heterocycles. The molecular formula is C16H21N3S. The summed E-state index contributed by atoms with van der Waals surface area (Å²) in [6.45, 7) is 7.54. The zero-order chi connectivity index (χ0) is 13.9. The molecule has 2 aromatic rings. The van der Waals surface area contributed by atoms with Crippen LogP contribution in [0.4, 0.5) is 5.69 Å². The van der Waals surface area contributed by atoms with Gasteiger partial charge in [0.15, 0.2) is 0 Å². The van der Waals surface area contributed by atoms with E-state index >= 15 is 0 Å². The Balaban J connectivity index is 1.90. The molecule has 0 amide bonds. The number of thiazole rings is 1. The Morgan fingerprint density at radius 2 is 2.25 bits per heavy atom. The Labute approximate surface area is 124 Å². The smallest absolute Gasteiger partial charge is 0.0794 e. The minimum atomic E-state index is 0.523. The maximum Gasteiger partial charge on any atom is 0.0794 e. The predicted molar refractivity (Wildman–Crippen MR) is 85.1 cm³/mol. The summed E-state index contributed by atoms with van der Waals surface area (Å²) in [7, 11) is 0. The van der Waals surface area contributed by atoms with E-state index in [1.165, 1.54) is 16.1 Å². The van der Waals surface area contributed by atoms with E-state index in [0.29, 0.717) is 12.0 Å². The van der Waals surface area contributed by atoms with Crippen molar-refractivity contribution in [2.45, 2.75) is 33.0 Å². The van der Waals surface area contributed by atoms with E-state index < -0.39 is 0 Å². The van der Waals surface area contributed by atoms with Gasteiger partial charge in [0.25, 0.3) is 0 Å². The van der Waals surface area contributed by atoms with Gasteiger partial charge in [-0.3, -0.25) is 4.98 Å². The summed E-state index contributed by atoms with van der Waals surface area (Å²) in [5.41, 5.74) is 4.66. The molecule has 106 valence electrons. The molecule has 0 bridgehead atoms. The molecule has 20 heavy (non-hydrogen) atoms. The zero-order valence-corrected chi connectivity index (χ0v) is 12.9. The van der Waals surface area contributed by atoms with Crippen molar-refractivity contribution in [2.24, 2.45) is 5.92 Å². The normalized spacial score (nSPS) is 18.9. The van der Waals surface area contributed by atoms with Crippen LogP contribution in [0, 0.1) is 5.92 Å². The molecule has 1 aliphatic heterocycles. The van der Waals surface area contributed by atoms with Gasteiger partial charge in [-0.05, 0) is 17.5 Å². The summed E-state index contributed by atoms with van der Waals surface area (Å²) in [5.74, 6) is 0.633. The van der Waals surface area contributed by atoms with Crippen molar-refractivity contribution < 1.29 is 0 Å². The number of hydrogen-bond acceptors (Lipinski definition) is 4. The number of fused-ring (bicyclic) bond motifs is 1. The maximum atomic E-state index is 4.20. The Morgan fingerprint density at radius 3 is 3.00 bits per heavy atom. The van der Waals surface area contributed by atoms with Crippen molar-refractivity contribution in [3.05, 3.63) is 46.4 Å². The van der Waals surface area contributed by atoms with E-state index in [4.69, 9.17) is 0 Å². The van der Waals surface area contributed by atoms with E-state index in [-0.39, 0.29) is 0 Å². The minimum absolute atomic E-state index is 0.523. The summed E-state index contributed by atoms with van der Waals surface area (Å²) in [6.07, 6.45) is 1.98. The fourth-order valence-corrected chi connectivity index (χ4v) is 3.32. The summed E-state index contributed by atoms with van der Waals surface area (Å²) in [5, 5.41) is 3.69. The van der Waals surface area contributed by atoms with Crippen LogP contribution in [0.25, 0.3) is 0 Å². The van der Waals surface area contributed by atoms with Gasteiger partial charge in [0, 0.05) is 35.9 Å². The highest BCUT2D eigenvalue weighted by molar-refractivity contribution is 7.09. The molecule has 0 spiro atoms. The fraction of sp³-hybridized carbons (Fsp3) is 0.438. The SMILES string of the molecule is CC(C)C1CN(Cc2cncs2)c2ccccc2CN1. The Kier molecular flexibility index (Phi) is 4.03. The summed E-state index contributed by atoms with van der Waals surface area (Å²) in [6, 6.07) is 9.25. The number of nitrogens with one attached hydrogen (secondary N) is 1. The standard InChI is InChI=1S/C16H21N3S/c1-12(2)15-10-19(9-14-8-17-11-20-14)16-6-4-3-5-13(16)7-18-15/h3-6,8,11-12,15,18H,7,9-10H2,1-2H3. The monoisotopic (exact) mass is 287 g/mol. The second-order valence-corrected chi connectivity index (χ2v) is 6.68. The molecule has 3 rings (SSSR count). The minimum Gasteiger partial charge on any atom is -0.364 e. The molecule has 0 fully saturated rings. The molecule has 3 nitrogen and oxygen atoms in total. The van der Waals surface area contributed by atoms with Gasteiger partial charge in [0.1, 0.15) is 0 Å². The van der Waals surface area contributed by atoms with Crippen molar-refractivity contribution >= 4 is 17.0 Å². The highest BCUT2D eigenvalue weighted by atomic mass is 32.1. The zero-order valence-electron chi connectivity index (χ0n) is 12.0. The highest BCUT2D eigenvalue weighted by Crippen LogP contribution is 2.27. The van der Waals surface area contributed by atoms with Gasteiger partial charge in [0.2, 0.25) is 0 Å². The van der Waals surface area contributed by atoms with Crippen molar-refractivity contribution in [1.29, 1.82) is 0 Å². The van der Waals surface area contributed by atoms with Gasteiger partial charge in [-0.2, -0.15) is 0 Å². The third-order valence-corrected chi connectivity index (χ3v) is 4.70. The molecule has 1 aromatic carbocycles. The molecule has 0 aliphatic carbocycles. The lowest BCUT2D eigenvalue weighted by Gasteiger charge is -2.29. The van der Waals surface area contributed by atoms with Crippen LogP contribution in [0.3, 0.4) is 0 Å². The van der Waals surface area contributed by atoms with Gasteiger partial charge >= 0.3 is 0 Å². The van der Waals surface area contributed by atoms with E-state index in [1.54, 1.807) is 11.3 Å². The summed E-state index contributed by atoms with van der Waals surface area (Å²) < 4.78 is 0. The maximum absolute atomic E-state index is 4.20. The van der Waals surface area contributed by atoms with Gasteiger partial charge in [-0.25, -0.2) is 0 Å². The molecule has 2 heterocycles. The van der Waals surface area contributed by atoms with Crippen LogP contribution < -0.4 is 10.2 Å². The Bertz CT molecular complexity index is 551. The van der Waals surface area contributed by atoms with Gasteiger partial charge in [-0.1, -0.05) is 32.0 Å². The summed E-state index contributed by atoms with van der Waals surface area (Å²) in [4.78, 5) is 8.01. The molecule has 1 N–H and O–H groups in total. The van der Waals surface area contributed by atoms with Crippen molar-refractivity contribution in [2.75, 3.05) is 11.4 Å². The molecule has 1 atom stereocenters. The molecule has 4 heteroatoms. The largest absolute Gasteiger partial charge is 0.364 e. The molecule has 1 unspecified atom stereocenters. The van der Waals surface area contributed by atoms with Crippen LogP contribution >= 0.6 is 11.3 Å². The van der Waals surface area contributed by atoms with Crippen molar-refractivity contribution in [1.82, 2.24) is 10.3 Å². The van der Waals surface area contributed by atoms with Crippen molar-refractivity contribution in [3.63, 3.8) is 0 Å². The lowest BCUT2D eigenvalue weighted by Crippen LogP contribution is -2.41. The van der Waals surface area contributed by atoms with Crippen LogP contribution in [0.1, 0.15) is 24.3 Å². The predicted octanol–water partition coefficient (Wildman–Crippen LogP) is 3.28. The van der Waals surface area contributed by atoms with E-state index in [1.807, 2.05) is 11.7 Å². The molecule has 0 radical (unpaired) electrons. The first-order chi connectivity index (χ1) is 9.74. The first-order valence-corrected chi connectivity index (χ1v) is 8.05. The van der Waals surface area contributed by atoms with Gasteiger partial charge in [0.05, 0.1) is 12.1 Å². The van der Waals surface area contributed by atoms with Crippen molar-refractivity contribution in [3.8, 4) is 0 Å². The average molecular weight is 287 g/mol. The topological polar surface area (TPSA) is 28.2 Å². The first-order valence-electron chi connectivity index (χ1n) is 7.17. The van der Waals surface area contributed by atoms with Crippen LogP contribution in [0.2, 0.25) is 0 Å². The van der Waals surface area contributed by atoms with E-state index in [2.05, 4.69) is 53.3 Å². The van der Waals surface area contributed by atoms with Gasteiger partial charge in [-0.15, -0.1) is 11.3 Å². The Morgan fingerprint density at radius 1 is 1.40 bits per heavy atom. The third-order valence-electron chi connectivity index (χ3n) is 3.94. The third kappa shape index (κ3) is 2.86. The number of hydrogen-bond donors (Lipinski definition) is 1. The van der Waals surface area contributed by atoms with E-state index in [9.17, 15) is 0 Å². The lowest BCUT2D eigenvalue weighted by molar-refractivity contribution is 0.403. The van der Waals surface area contributed by atoms with Crippen LogP contribution in [-0.4, -0.2) is 17.6 Å². The number of para-hydroxylation sites is 1. The number of anilines is 1. The quantitative estimate of drug-likeness (QED) is 0.939. The fourth-order valence-electron chi connectivity index (χ4n) is 2.71. The number of aromatic nitrogens is 1. The number of rotatable bonds is 3. The Hall–Kier alpha value is -1.39. The number of nitrogens with zero attached hydrogens (tertiary/aromatic N) is 2. The summed E-state index contributed by atoms with van der Waals surface area (Å²) >= 11 is 1.73. The molecule has 1 aromatic heterocycles. The second-order valence-electron chi connectivity index (χ2n) is 5.71. The van der Waals surface area contributed by atoms with Crippen LogP contribution in [-0.2, 0) is 13.1 Å². The molecule has 0 saturated carbocycles. The first kappa shape index (κ1) is 13.6. The molecule has 1 aliphatic rings. The highest BCUT2D eigenvalue weighted by Gasteiger charge is 2.23. The van der Waals surface area contributed by atoms with Crippen LogP contribution in [0.5, 0.6) is 0 Å². The second kappa shape index (κ2) is 5.94. The number of benzene rings is 1.